The highest BCUT2D eigenvalue weighted by atomic mass is 32.2. The summed E-state index contributed by atoms with van der Waals surface area (Å²) in [5.74, 6) is 0.462. The van der Waals surface area contributed by atoms with Crippen molar-refractivity contribution in [3.63, 3.8) is 0 Å². The van der Waals surface area contributed by atoms with Gasteiger partial charge in [0.2, 0.25) is 10.0 Å². The molecule has 1 aliphatic rings. The third-order valence-electron chi connectivity index (χ3n) is 3.35. The molecule has 0 atom stereocenters. The Kier molecular flexibility index (Phi) is 4.01. The molecule has 1 saturated carbocycles. The van der Waals surface area contributed by atoms with Gasteiger partial charge in [-0.3, -0.25) is 0 Å². The second-order valence-corrected chi connectivity index (χ2v) is 7.26. The van der Waals surface area contributed by atoms with E-state index in [-0.39, 0.29) is 17.8 Å². The van der Waals surface area contributed by atoms with Gasteiger partial charge < -0.3 is 10.5 Å². The summed E-state index contributed by atoms with van der Waals surface area (Å²) in [6, 6.07) is 7.04. The van der Waals surface area contributed by atoms with Crippen molar-refractivity contribution in [1.29, 1.82) is 0 Å². The van der Waals surface area contributed by atoms with Gasteiger partial charge in [-0.2, -0.15) is 0 Å². The summed E-state index contributed by atoms with van der Waals surface area (Å²) < 4.78 is 31.5. The topological polar surface area (TPSA) is 81.4 Å². The Balaban J connectivity index is 1.76. The maximum Gasteiger partial charge on any atom is 0.214 e. The SMILES string of the molecule is CC1(CNS(=O)(=O)CCOc2ccccc2N)CC1. The van der Waals surface area contributed by atoms with Crippen LogP contribution in [-0.4, -0.2) is 27.3 Å². The molecule has 19 heavy (non-hydrogen) atoms. The quantitative estimate of drug-likeness (QED) is 0.741. The van der Waals surface area contributed by atoms with E-state index in [1.807, 2.05) is 0 Å². The van der Waals surface area contributed by atoms with Crippen molar-refractivity contribution in [2.24, 2.45) is 5.41 Å². The lowest BCUT2D eigenvalue weighted by Gasteiger charge is -2.12. The van der Waals surface area contributed by atoms with E-state index in [9.17, 15) is 8.42 Å². The molecule has 3 N–H and O–H groups in total. The molecule has 0 spiro atoms. The Hall–Kier alpha value is -1.27. The standard InChI is InChI=1S/C13H20N2O3S/c1-13(6-7-13)10-15-19(16,17)9-8-18-12-5-3-2-4-11(12)14/h2-5,15H,6-10,14H2,1H3. The van der Waals surface area contributed by atoms with E-state index in [1.54, 1.807) is 24.3 Å². The number of para-hydroxylation sites is 2. The predicted molar refractivity (Wildman–Crippen MR) is 75.5 cm³/mol. The highest BCUT2D eigenvalue weighted by Crippen LogP contribution is 2.44. The summed E-state index contributed by atoms with van der Waals surface area (Å²) in [7, 11) is -3.27. The summed E-state index contributed by atoms with van der Waals surface area (Å²) in [5.41, 5.74) is 6.38. The number of nitrogens with one attached hydrogen (secondary N) is 1. The van der Waals surface area contributed by atoms with Crippen LogP contribution in [0.1, 0.15) is 19.8 Å². The van der Waals surface area contributed by atoms with Crippen molar-refractivity contribution in [3.8, 4) is 5.75 Å². The van der Waals surface area contributed by atoms with Crippen LogP contribution in [0.25, 0.3) is 0 Å². The molecule has 1 aromatic carbocycles. The van der Waals surface area contributed by atoms with Gasteiger partial charge in [-0.25, -0.2) is 13.1 Å². The molecule has 0 amide bonds. The molecule has 0 saturated heterocycles. The molecule has 1 aliphatic carbocycles. The van der Waals surface area contributed by atoms with Gasteiger partial charge in [-0.1, -0.05) is 19.1 Å². The highest BCUT2D eigenvalue weighted by Gasteiger charge is 2.37. The second-order valence-electron chi connectivity index (χ2n) is 5.34. The molecule has 0 radical (unpaired) electrons. The fourth-order valence-electron chi connectivity index (χ4n) is 1.62. The van der Waals surface area contributed by atoms with E-state index < -0.39 is 10.0 Å². The molecule has 5 nitrogen and oxygen atoms in total. The first-order valence-corrected chi connectivity index (χ1v) is 8.00. The number of hydrogen-bond acceptors (Lipinski definition) is 4. The fraction of sp³-hybridized carbons (Fsp3) is 0.538. The summed E-state index contributed by atoms with van der Waals surface area (Å²) in [6.07, 6.45) is 2.18. The third-order valence-corrected chi connectivity index (χ3v) is 4.64. The zero-order valence-corrected chi connectivity index (χ0v) is 11.9. The lowest BCUT2D eigenvalue weighted by Crippen LogP contribution is -2.33. The number of anilines is 1. The van der Waals surface area contributed by atoms with Crippen molar-refractivity contribution in [3.05, 3.63) is 24.3 Å². The van der Waals surface area contributed by atoms with E-state index in [2.05, 4.69) is 11.6 Å². The number of nitrogen functional groups attached to an aromatic ring is 1. The van der Waals surface area contributed by atoms with Crippen LogP contribution < -0.4 is 15.2 Å². The third kappa shape index (κ3) is 4.40. The maximum atomic E-state index is 11.8. The molecule has 1 fully saturated rings. The predicted octanol–water partition coefficient (Wildman–Crippen LogP) is 1.37. The molecule has 6 heteroatoms. The number of ether oxygens (including phenoxy) is 1. The number of hydrogen-bond donors (Lipinski definition) is 2. The average molecular weight is 284 g/mol. The van der Waals surface area contributed by atoms with E-state index in [0.29, 0.717) is 18.0 Å². The van der Waals surface area contributed by atoms with Gasteiger partial charge in [-0.15, -0.1) is 0 Å². The van der Waals surface area contributed by atoms with Gasteiger partial charge in [-0.05, 0) is 30.4 Å². The van der Waals surface area contributed by atoms with Gasteiger partial charge in [0.15, 0.2) is 0 Å². The summed E-state index contributed by atoms with van der Waals surface area (Å²) in [5, 5.41) is 0. The lowest BCUT2D eigenvalue weighted by atomic mass is 10.2. The van der Waals surface area contributed by atoms with Crippen molar-refractivity contribution in [2.45, 2.75) is 19.8 Å². The molecule has 0 unspecified atom stereocenters. The van der Waals surface area contributed by atoms with Gasteiger partial charge in [0.25, 0.3) is 0 Å². The molecule has 0 aromatic heterocycles. The van der Waals surface area contributed by atoms with Gasteiger partial charge in [0.05, 0.1) is 11.4 Å². The van der Waals surface area contributed by atoms with E-state index >= 15 is 0 Å². The Bertz CT molecular complexity index is 539. The largest absolute Gasteiger partial charge is 0.490 e. The minimum atomic E-state index is -3.27. The molecule has 0 heterocycles. The van der Waals surface area contributed by atoms with E-state index in [1.165, 1.54) is 0 Å². The molecule has 106 valence electrons. The summed E-state index contributed by atoms with van der Waals surface area (Å²) in [6.45, 7) is 2.69. The minimum Gasteiger partial charge on any atom is -0.490 e. The molecular weight excluding hydrogens is 264 g/mol. The van der Waals surface area contributed by atoms with Crippen LogP contribution in [0.3, 0.4) is 0 Å². The van der Waals surface area contributed by atoms with Crippen molar-refractivity contribution < 1.29 is 13.2 Å². The summed E-state index contributed by atoms with van der Waals surface area (Å²) in [4.78, 5) is 0. The zero-order valence-electron chi connectivity index (χ0n) is 11.1. The van der Waals surface area contributed by atoms with Gasteiger partial charge in [0, 0.05) is 6.54 Å². The van der Waals surface area contributed by atoms with Crippen LogP contribution in [0.15, 0.2) is 24.3 Å². The molecule has 0 bridgehead atoms. The Morgan fingerprint density at radius 1 is 1.37 bits per heavy atom. The molecular formula is C13H20N2O3S. The Morgan fingerprint density at radius 2 is 2.05 bits per heavy atom. The first kappa shape index (κ1) is 14.1. The van der Waals surface area contributed by atoms with Crippen LogP contribution in [0.4, 0.5) is 5.69 Å². The lowest BCUT2D eigenvalue weighted by molar-refractivity contribution is 0.342. The average Bonchev–Trinajstić information content (AvgIpc) is 3.08. The number of nitrogens with two attached hydrogens (primary N) is 1. The summed E-state index contributed by atoms with van der Waals surface area (Å²) >= 11 is 0. The van der Waals surface area contributed by atoms with Crippen molar-refractivity contribution in [1.82, 2.24) is 4.72 Å². The van der Waals surface area contributed by atoms with Crippen LogP contribution in [0.2, 0.25) is 0 Å². The normalized spacial score (nSPS) is 17.1. The van der Waals surface area contributed by atoms with Crippen LogP contribution >= 0.6 is 0 Å². The van der Waals surface area contributed by atoms with Gasteiger partial charge in [0.1, 0.15) is 12.4 Å². The monoisotopic (exact) mass is 284 g/mol. The van der Waals surface area contributed by atoms with Gasteiger partial charge >= 0.3 is 0 Å². The maximum absolute atomic E-state index is 11.8. The van der Waals surface area contributed by atoms with Crippen LogP contribution in [0, 0.1) is 5.41 Å². The smallest absolute Gasteiger partial charge is 0.214 e. The first-order chi connectivity index (χ1) is 8.90. The Morgan fingerprint density at radius 3 is 2.68 bits per heavy atom. The first-order valence-electron chi connectivity index (χ1n) is 6.35. The Labute approximate surface area is 114 Å². The number of rotatable bonds is 7. The second kappa shape index (κ2) is 5.38. The van der Waals surface area contributed by atoms with Crippen LogP contribution in [0.5, 0.6) is 5.75 Å². The molecule has 0 aliphatic heterocycles. The molecule has 1 aromatic rings. The minimum absolute atomic E-state index is 0.0581. The number of sulfonamides is 1. The highest BCUT2D eigenvalue weighted by molar-refractivity contribution is 7.89. The van der Waals surface area contributed by atoms with Crippen molar-refractivity contribution >= 4 is 15.7 Å². The van der Waals surface area contributed by atoms with Crippen molar-refractivity contribution in [2.75, 3.05) is 24.6 Å². The zero-order chi connectivity index (χ0) is 13.9. The van der Waals surface area contributed by atoms with Crippen LogP contribution in [-0.2, 0) is 10.0 Å². The van der Waals surface area contributed by atoms with E-state index in [0.717, 1.165) is 12.8 Å². The fourth-order valence-corrected chi connectivity index (χ4v) is 2.64. The van der Waals surface area contributed by atoms with E-state index in [4.69, 9.17) is 10.5 Å². The number of benzene rings is 1. The molecule has 2 rings (SSSR count).